The average Bonchev–Trinajstić information content (AvgIpc) is 2.53. The van der Waals surface area contributed by atoms with Crippen LogP contribution < -0.4 is 15.8 Å². The van der Waals surface area contributed by atoms with Crippen LogP contribution >= 0.6 is 0 Å². The summed E-state index contributed by atoms with van der Waals surface area (Å²) < 4.78 is 16.3. The number of carbonyl (C=O) groups excluding carboxylic acids is 1. The summed E-state index contributed by atoms with van der Waals surface area (Å²) in [5, 5.41) is 2.78. The normalized spacial score (nSPS) is 19.5. The Morgan fingerprint density at radius 3 is 2.95 bits per heavy atom. The smallest absolute Gasteiger partial charge is 0.253 e. The Bertz CT molecular complexity index is 501. The molecule has 1 aromatic rings. The molecule has 0 saturated carbocycles. The molecule has 0 spiro atoms. The van der Waals surface area contributed by atoms with E-state index in [9.17, 15) is 4.79 Å². The number of anilines is 2. The van der Waals surface area contributed by atoms with Gasteiger partial charge in [-0.15, -0.1) is 0 Å². The van der Waals surface area contributed by atoms with Gasteiger partial charge >= 0.3 is 0 Å². The van der Waals surface area contributed by atoms with E-state index >= 15 is 0 Å². The van der Waals surface area contributed by atoms with Crippen LogP contribution in [0, 0.1) is 0 Å². The molecule has 22 heavy (non-hydrogen) atoms. The molecule has 6 nitrogen and oxygen atoms in total. The van der Waals surface area contributed by atoms with E-state index in [0.717, 1.165) is 25.9 Å². The molecule has 1 aromatic carbocycles. The Labute approximate surface area is 130 Å². The van der Waals surface area contributed by atoms with Crippen LogP contribution in [0.15, 0.2) is 18.2 Å². The van der Waals surface area contributed by atoms with Crippen molar-refractivity contribution in [3.63, 3.8) is 0 Å². The third kappa shape index (κ3) is 4.61. The van der Waals surface area contributed by atoms with Crippen molar-refractivity contribution < 1.29 is 19.0 Å². The van der Waals surface area contributed by atoms with Gasteiger partial charge in [0.2, 0.25) is 0 Å². The predicted molar refractivity (Wildman–Crippen MR) is 85.0 cm³/mol. The summed E-state index contributed by atoms with van der Waals surface area (Å²) in [6.45, 7) is 2.95. The maximum atomic E-state index is 12.1. The topological polar surface area (TPSA) is 82.8 Å². The predicted octanol–water partition coefficient (Wildman–Crippen LogP) is 2.19. The molecule has 122 valence electrons. The second-order valence-corrected chi connectivity index (χ2v) is 5.41. The lowest BCUT2D eigenvalue weighted by atomic mass is 10.1. The van der Waals surface area contributed by atoms with Crippen LogP contribution in [-0.4, -0.2) is 38.4 Å². The largest absolute Gasteiger partial charge is 0.495 e. The molecule has 1 fully saturated rings. The summed E-state index contributed by atoms with van der Waals surface area (Å²) in [6, 6.07) is 5.12. The molecule has 1 amide bonds. The highest BCUT2D eigenvalue weighted by Gasteiger charge is 2.19. The maximum Gasteiger partial charge on any atom is 0.253 e. The molecule has 3 N–H and O–H groups in total. The first-order chi connectivity index (χ1) is 10.6. The molecule has 2 atom stereocenters. The van der Waals surface area contributed by atoms with Gasteiger partial charge in [0.15, 0.2) is 0 Å². The molecule has 0 aromatic heterocycles. The van der Waals surface area contributed by atoms with Crippen molar-refractivity contribution in [3.05, 3.63) is 18.2 Å². The maximum absolute atomic E-state index is 12.1. The summed E-state index contributed by atoms with van der Waals surface area (Å²) in [5.41, 5.74) is 6.91. The van der Waals surface area contributed by atoms with Gasteiger partial charge in [-0.3, -0.25) is 4.79 Å². The molecule has 0 radical (unpaired) electrons. The van der Waals surface area contributed by atoms with Crippen molar-refractivity contribution in [2.24, 2.45) is 0 Å². The Hall–Kier alpha value is -1.79. The van der Waals surface area contributed by atoms with Gasteiger partial charge in [-0.1, -0.05) is 0 Å². The molecule has 1 heterocycles. The number of methoxy groups -OCH3 is 1. The minimum absolute atomic E-state index is 0.0978. The monoisotopic (exact) mass is 308 g/mol. The second-order valence-electron chi connectivity index (χ2n) is 5.41. The number of hydrogen-bond donors (Lipinski definition) is 2. The zero-order valence-corrected chi connectivity index (χ0v) is 13.1. The second kappa shape index (κ2) is 8.00. The summed E-state index contributed by atoms with van der Waals surface area (Å²) in [5.74, 6) is 0.372. The van der Waals surface area contributed by atoms with E-state index in [1.165, 1.54) is 0 Å². The van der Waals surface area contributed by atoms with Crippen LogP contribution in [-0.2, 0) is 14.3 Å². The van der Waals surface area contributed by atoms with Crippen LogP contribution in [0.4, 0.5) is 11.4 Å². The lowest BCUT2D eigenvalue weighted by Crippen LogP contribution is -2.32. The minimum Gasteiger partial charge on any atom is -0.495 e. The number of nitrogens with two attached hydrogens (primary N) is 1. The lowest BCUT2D eigenvalue weighted by Gasteiger charge is -2.24. The molecule has 1 saturated heterocycles. The number of benzene rings is 1. The highest BCUT2D eigenvalue weighted by atomic mass is 16.5. The van der Waals surface area contributed by atoms with E-state index in [1.54, 1.807) is 32.2 Å². The molecular weight excluding hydrogens is 284 g/mol. The van der Waals surface area contributed by atoms with Crippen molar-refractivity contribution in [1.82, 2.24) is 0 Å². The fourth-order valence-corrected chi connectivity index (χ4v) is 2.32. The van der Waals surface area contributed by atoms with Crippen LogP contribution in [0.3, 0.4) is 0 Å². The summed E-state index contributed by atoms with van der Waals surface area (Å²) in [7, 11) is 1.55. The number of amides is 1. The number of nitrogen functional groups attached to an aromatic ring is 1. The molecule has 0 bridgehead atoms. The summed E-state index contributed by atoms with van der Waals surface area (Å²) >= 11 is 0. The highest BCUT2D eigenvalue weighted by molar-refractivity contribution is 5.94. The van der Waals surface area contributed by atoms with Crippen molar-refractivity contribution >= 4 is 17.3 Å². The van der Waals surface area contributed by atoms with Gasteiger partial charge < -0.3 is 25.3 Å². The Morgan fingerprint density at radius 1 is 1.50 bits per heavy atom. The van der Waals surface area contributed by atoms with Gasteiger partial charge in [-0.25, -0.2) is 0 Å². The summed E-state index contributed by atoms with van der Waals surface area (Å²) in [6.07, 6.45) is 2.80. The summed E-state index contributed by atoms with van der Waals surface area (Å²) in [4.78, 5) is 12.1. The number of rotatable bonds is 6. The van der Waals surface area contributed by atoms with Crippen LogP contribution in [0.2, 0.25) is 0 Å². The fraction of sp³-hybridized carbons (Fsp3) is 0.562. The zero-order valence-electron chi connectivity index (χ0n) is 13.1. The van der Waals surface area contributed by atoms with Crippen molar-refractivity contribution in [2.45, 2.75) is 38.4 Å². The van der Waals surface area contributed by atoms with E-state index in [-0.39, 0.29) is 12.0 Å². The zero-order chi connectivity index (χ0) is 15.9. The van der Waals surface area contributed by atoms with E-state index in [2.05, 4.69) is 5.32 Å². The Morgan fingerprint density at radius 2 is 2.32 bits per heavy atom. The average molecular weight is 308 g/mol. The molecule has 0 aliphatic carbocycles. The first-order valence-electron chi connectivity index (χ1n) is 7.57. The van der Waals surface area contributed by atoms with Crippen molar-refractivity contribution in [2.75, 3.05) is 31.4 Å². The Balaban J connectivity index is 1.81. The molecule has 1 aliphatic heterocycles. The van der Waals surface area contributed by atoms with E-state index in [0.29, 0.717) is 23.7 Å². The first kappa shape index (κ1) is 16.6. The highest BCUT2D eigenvalue weighted by Crippen LogP contribution is 2.24. The number of hydrogen-bond acceptors (Lipinski definition) is 5. The number of ether oxygens (including phenoxy) is 3. The third-order valence-corrected chi connectivity index (χ3v) is 3.67. The number of carbonyl (C=O) groups is 1. The quantitative estimate of drug-likeness (QED) is 0.787. The van der Waals surface area contributed by atoms with Gasteiger partial charge in [0.05, 0.1) is 25.5 Å². The van der Waals surface area contributed by atoms with Crippen molar-refractivity contribution in [3.8, 4) is 5.75 Å². The van der Waals surface area contributed by atoms with E-state index in [4.69, 9.17) is 19.9 Å². The van der Waals surface area contributed by atoms with Crippen LogP contribution in [0.5, 0.6) is 5.75 Å². The van der Waals surface area contributed by atoms with Gasteiger partial charge in [0, 0.05) is 12.3 Å². The molecule has 1 aliphatic rings. The van der Waals surface area contributed by atoms with E-state index in [1.807, 2.05) is 0 Å². The van der Waals surface area contributed by atoms with Gasteiger partial charge in [-0.05, 0) is 44.4 Å². The minimum atomic E-state index is -0.547. The molecular formula is C16H24N2O4. The molecule has 2 rings (SSSR count). The number of nitrogens with one attached hydrogen (secondary N) is 1. The lowest BCUT2D eigenvalue weighted by molar-refractivity contribution is -0.130. The Kier molecular flexibility index (Phi) is 6.03. The van der Waals surface area contributed by atoms with Gasteiger partial charge in [0.25, 0.3) is 5.91 Å². The van der Waals surface area contributed by atoms with Crippen LogP contribution in [0.25, 0.3) is 0 Å². The van der Waals surface area contributed by atoms with Crippen molar-refractivity contribution in [1.29, 1.82) is 0 Å². The standard InChI is InChI=1S/C16H24N2O4/c1-11(22-10-13-5-3-4-8-21-13)16(19)18-12-6-7-15(20-2)14(17)9-12/h6-7,9,11,13H,3-5,8,10,17H2,1-2H3,(H,18,19). The third-order valence-electron chi connectivity index (χ3n) is 3.67. The SMILES string of the molecule is COc1ccc(NC(=O)C(C)OCC2CCCCO2)cc1N. The fourth-order valence-electron chi connectivity index (χ4n) is 2.32. The van der Waals surface area contributed by atoms with E-state index < -0.39 is 6.10 Å². The first-order valence-corrected chi connectivity index (χ1v) is 7.57. The van der Waals surface area contributed by atoms with Gasteiger partial charge in [0.1, 0.15) is 11.9 Å². The van der Waals surface area contributed by atoms with Gasteiger partial charge in [-0.2, -0.15) is 0 Å². The van der Waals surface area contributed by atoms with Crippen LogP contribution in [0.1, 0.15) is 26.2 Å². The molecule has 2 unspecified atom stereocenters. The molecule has 6 heteroatoms.